The van der Waals surface area contributed by atoms with Gasteiger partial charge in [-0.25, -0.2) is 14.6 Å². The molecule has 1 N–H and O–H groups in total. The van der Waals surface area contributed by atoms with Gasteiger partial charge < -0.3 is 4.74 Å². The molecule has 0 aliphatic carbocycles. The number of hydrazone groups is 1. The standard InChI is InChI=1S/C9H9FN2O2/c1-14-9(13)12-11-6-7-4-2-3-5-8(7)10/h2-6H,1H3,(H,12,13)/b11-6+. The normalized spacial score (nSPS) is 10.1. The molecule has 0 bridgehead atoms. The van der Waals surface area contributed by atoms with Crippen molar-refractivity contribution < 1.29 is 13.9 Å². The van der Waals surface area contributed by atoms with Crippen LogP contribution in [0.4, 0.5) is 9.18 Å². The van der Waals surface area contributed by atoms with Gasteiger partial charge in [-0.1, -0.05) is 18.2 Å². The van der Waals surface area contributed by atoms with Crippen LogP contribution in [0.2, 0.25) is 0 Å². The van der Waals surface area contributed by atoms with Gasteiger partial charge >= 0.3 is 6.09 Å². The molecule has 0 heterocycles. The van der Waals surface area contributed by atoms with Crippen molar-refractivity contribution in [1.82, 2.24) is 5.43 Å². The van der Waals surface area contributed by atoms with E-state index in [1.165, 1.54) is 25.5 Å². The zero-order valence-corrected chi connectivity index (χ0v) is 7.53. The number of nitrogens with one attached hydrogen (secondary N) is 1. The zero-order chi connectivity index (χ0) is 10.4. The van der Waals surface area contributed by atoms with Crippen LogP contribution < -0.4 is 5.43 Å². The molecule has 4 nitrogen and oxygen atoms in total. The smallest absolute Gasteiger partial charge is 0.427 e. The SMILES string of the molecule is COC(=O)N/N=C/c1ccccc1F. The van der Waals surface area contributed by atoms with Crippen molar-refractivity contribution in [3.8, 4) is 0 Å². The minimum Gasteiger partial charge on any atom is -0.452 e. The number of ether oxygens (including phenoxy) is 1. The molecule has 0 saturated heterocycles. The summed E-state index contributed by atoms with van der Waals surface area (Å²) in [5, 5.41) is 3.48. The van der Waals surface area contributed by atoms with Crippen LogP contribution in [0, 0.1) is 5.82 Å². The topological polar surface area (TPSA) is 50.7 Å². The van der Waals surface area contributed by atoms with Gasteiger partial charge in [0.1, 0.15) is 5.82 Å². The Morgan fingerprint density at radius 3 is 2.93 bits per heavy atom. The molecule has 1 aromatic carbocycles. The van der Waals surface area contributed by atoms with Gasteiger partial charge in [0.2, 0.25) is 0 Å². The first-order valence-corrected chi connectivity index (χ1v) is 3.85. The summed E-state index contributed by atoms with van der Waals surface area (Å²) in [4.78, 5) is 10.5. The van der Waals surface area contributed by atoms with Crippen LogP contribution in [0.3, 0.4) is 0 Å². The van der Waals surface area contributed by atoms with E-state index in [9.17, 15) is 9.18 Å². The maximum absolute atomic E-state index is 13.0. The Kier molecular flexibility index (Phi) is 3.60. The number of rotatable bonds is 2. The zero-order valence-electron chi connectivity index (χ0n) is 7.53. The van der Waals surface area contributed by atoms with E-state index in [1.54, 1.807) is 12.1 Å². The van der Waals surface area contributed by atoms with Crippen molar-refractivity contribution >= 4 is 12.3 Å². The Balaban J connectivity index is 2.60. The minimum absolute atomic E-state index is 0.295. The van der Waals surface area contributed by atoms with Crippen LogP contribution >= 0.6 is 0 Å². The second kappa shape index (κ2) is 4.96. The summed E-state index contributed by atoms with van der Waals surface area (Å²) < 4.78 is 17.2. The maximum Gasteiger partial charge on any atom is 0.427 e. The van der Waals surface area contributed by atoms with E-state index in [1.807, 2.05) is 5.43 Å². The Hall–Kier alpha value is -1.91. The Labute approximate surface area is 80.4 Å². The van der Waals surface area contributed by atoms with E-state index in [0.717, 1.165) is 0 Å². The Bertz CT molecular complexity index is 352. The van der Waals surface area contributed by atoms with Crippen molar-refractivity contribution in [3.05, 3.63) is 35.6 Å². The van der Waals surface area contributed by atoms with Crippen LogP contribution in [-0.4, -0.2) is 19.4 Å². The molecule has 0 saturated carbocycles. The summed E-state index contributed by atoms with van der Waals surface area (Å²) in [6.45, 7) is 0. The van der Waals surface area contributed by atoms with Gasteiger partial charge in [0.15, 0.2) is 0 Å². The van der Waals surface area contributed by atoms with Gasteiger partial charge in [-0.15, -0.1) is 0 Å². The summed E-state index contributed by atoms with van der Waals surface area (Å²) in [6, 6.07) is 6.08. The molecular formula is C9H9FN2O2. The molecule has 1 aromatic rings. The van der Waals surface area contributed by atoms with Gasteiger partial charge in [0, 0.05) is 5.56 Å². The molecule has 0 spiro atoms. The fraction of sp³-hybridized carbons (Fsp3) is 0.111. The number of halogens is 1. The lowest BCUT2D eigenvalue weighted by atomic mass is 10.2. The lowest BCUT2D eigenvalue weighted by Crippen LogP contribution is -2.16. The Morgan fingerprint density at radius 1 is 1.57 bits per heavy atom. The third-order valence-corrected chi connectivity index (χ3v) is 1.45. The molecule has 0 radical (unpaired) electrons. The van der Waals surface area contributed by atoms with E-state index >= 15 is 0 Å². The van der Waals surface area contributed by atoms with Crippen LogP contribution in [0.5, 0.6) is 0 Å². The fourth-order valence-electron chi connectivity index (χ4n) is 0.780. The molecule has 0 fully saturated rings. The van der Waals surface area contributed by atoms with Gasteiger partial charge in [-0.05, 0) is 6.07 Å². The van der Waals surface area contributed by atoms with Crippen molar-refractivity contribution in [1.29, 1.82) is 0 Å². The summed E-state index contributed by atoms with van der Waals surface area (Å²) in [6.07, 6.45) is 0.504. The van der Waals surface area contributed by atoms with Crippen molar-refractivity contribution in [3.63, 3.8) is 0 Å². The van der Waals surface area contributed by atoms with E-state index in [-0.39, 0.29) is 0 Å². The largest absolute Gasteiger partial charge is 0.452 e. The van der Waals surface area contributed by atoms with Crippen LogP contribution in [0.25, 0.3) is 0 Å². The summed E-state index contributed by atoms with van der Waals surface area (Å²) in [5.74, 6) is -0.400. The highest BCUT2D eigenvalue weighted by atomic mass is 19.1. The first-order valence-electron chi connectivity index (χ1n) is 3.85. The summed E-state index contributed by atoms with van der Waals surface area (Å²) in [5.41, 5.74) is 2.34. The highest BCUT2D eigenvalue weighted by molar-refractivity contribution is 5.81. The van der Waals surface area contributed by atoms with Crippen molar-refractivity contribution in [2.75, 3.05) is 7.11 Å². The number of hydrogen-bond acceptors (Lipinski definition) is 3. The second-order valence-electron chi connectivity index (χ2n) is 2.38. The number of carbonyl (C=O) groups is 1. The number of carbonyl (C=O) groups excluding carboxylic acids is 1. The van der Waals surface area contributed by atoms with Gasteiger partial charge in [0.25, 0.3) is 0 Å². The molecule has 1 amide bonds. The maximum atomic E-state index is 13.0. The second-order valence-corrected chi connectivity index (χ2v) is 2.38. The highest BCUT2D eigenvalue weighted by Crippen LogP contribution is 2.02. The van der Waals surface area contributed by atoms with Crippen LogP contribution in [0.1, 0.15) is 5.56 Å². The summed E-state index contributed by atoms with van der Waals surface area (Å²) >= 11 is 0. The average molecular weight is 196 g/mol. The lowest BCUT2D eigenvalue weighted by molar-refractivity contribution is 0.171. The molecule has 0 aliphatic heterocycles. The molecule has 0 aromatic heterocycles. The van der Waals surface area contributed by atoms with Crippen molar-refractivity contribution in [2.45, 2.75) is 0 Å². The molecular weight excluding hydrogens is 187 g/mol. The van der Waals surface area contributed by atoms with E-state index < -0.39 is 11.9 Å². The highest BCUT2D eigenvalue weighted by Gasteiger charge is 1.97. The number of benzene rings is 1. The van der Waals surface area contributed by atoms with E-state index in [2.05, 4.69) is 9.84 Å². The lowest BCUT2D eigenvalue weighted by Gasteiger charge is -1.96. The molecule has 74 valence electrons. The number of hydrogen-bond donors (Lipinski definition) is 1. The molecule has 14 heavy (non-hydrogen) atoms. The first-order chi connectivity index (χ1) is 6.74. The van der Waals surface area contributed by atoms with Gasteiger partial charge in [-0.2, -0.15) is 5.10 Å². The Morgan fingerprint density at radius 2 is 2.29 bits per heavy atom. The number of methoxy groups -OCH3 is 1. The number of amides is 1. The van der Waals surface area contributed by atoms with Gasteiger partial charge in [0.05, 0.1) is 13.3 Å². The molecule has 1 rings (SSSR count). The van der Waals surface area contributed by atoms with Crippen LogP contribution in [-0.2, 0) is 4.74 Å². The molecule has 5 heteroatoms. The third-order valence-electron chi connectivity index (χ3n) is 1.45. The fourth-order valence-corrected chi connectivity index (χ4v) is 0.780. The molecule has 0 unspecified atom stereocenters. The minimum atomic E-state index is -0.697. The van der Waals surface area contributed by atoms with Gasteiger partial charge in [-0.3, -0.25) is 0 Å². The van der Waals surface area contributed by atoms with Crippen LogP contribution in [0.15, 0.2) is 29.4 Å². The monoisotopic (exact) mass is 196 g/mol. The predicted octanol–water partition coefficient (Wildman–Crippen LogP) is 1.52. The predicted molar refractivity (Wildman–Crippen MR) is 49.5 cm³/mol. The average Bonchev–Trinajstić information content (AvgIpc) is 2.20. The van der Waals surface area contributed by atoms with Crippen molar-refractivity contribution in [2.24, 2.45) is 5.10 Å². The number of nitrogens with zero attached hydrogens (tertiary/aromatic N) is 1. The molecule has 0 aliphatic rings. The van der Waals surface area contributed by atoms with E-state index in [0.29, 0.717) is 5.56 Å². The van der Waals surface area contributed by atoms with E-state index in [4.69, 9.17) is 0 Å². The molecule has 0 atom stereocenters. The first kappa shape index (κ1) is 10.2. The quantitative estimate of drug-likeness (QED) is 0.575. The summed E-state index contributed by atoms with van der Waals surface area (Å²) in [7, 11) is 1.22. The third kappa shape index (κ3) is 2.85.